The van der Waals surface area contributed by atoms with Crippen LogP contribution < -0.4 is 10.5 Å². The van der Waals surface area contributed by atoms with E-state index in [1.54, 1.807) is 13.0 Å². The van der Waals surface area contributed by atoms with Crippen molar-refractivity contribution in [2.24, 2.45) is 0 Å². The summed E-state index contributed by atoms with van der Waals surface area (Å²) in [5.74, 6) is 0.203. The van der Waals surface area contributed by atoms with E-state index < -0.39 is 12.3 Å². The van der Waals surface area contributed by atoms with Gasteiger partial charge in [-0.1, -0.05) is 0 Å². The lowest BCUT2D eigenvalue weighted by Crippen LogP contribution is -2.31. The Bertz CT molecular complexity index is 349. The van der Waals surface area contributed by atoms with Crippen LogP contribution in [0, 0.1) is 6.92 Å². The second-order valence-electron chi connectivity index (χ2n) is 3.33. The van der Waals surface area contributed by atoms with Crippen LogP contribution in [0.5, 0.6) is 5.75 Å². The summed E-state index contributed by atoms with van der Waals surface area (Å²) in [5.41, 5.74) is 6.55. The van der Waals surface area contributed by atoms with E-state index >= 15 is 0 Å². The fourth-order valence-electron chi connectivity index (χ4n) is 1.06. The molecule has 2 N–H and O–H groups in total. The first-order valence-corrected chi connectivity index (χ1v) is 4.40. The molecule has 0 fully saturated rings. The first-order chi connectivity index (χ1) is 6.80. The van der Waals surface area contributed by atoms with Crippen LogP contribution in [0.2, 0.25) is 0 Å². The van der Waals surface area contributed by atoms with Gasteiger partial charge in [0.1, 0.15) is 5.75 Å². The zero-order chi connectivity index (χ0) is 11.6. The van der Waals surface area contributed by atoms with Crippen LogP contribution in [0.4, 0.5) is 18.9 Å². The summed E-state index contributed by atoms with van der Waals surface area (Å²) < 4.78 is 41.4. The molecule has 0 saturated carbocycles. The Hall–Kier alpha value is -1.39. The number of halogens is 3. The maximum atomic E-state index is 12.2. The van der Waals surface area contributed by atoms with Crippen LogP contribution in [-0.4, -0.2) is 12.3 Å². The SMILES string of the molecule is Cc1cc(N)ccc1OC(C)C(F)(F)F. The lowest BCUT2D eigenvalue weighted by molar-refractivity contribution is -0.189. The number of alkyl halides is 3. The minimum Gasteiger partial charge on any atom is -0.481 e. The molecule has 0 bridgehead atoms. The second kappa shape index (κ2) is 4.00. The lowest BCUT2D eigenvalue weighted by Gasteiger charge is -2.18. The molecule has 0 aliphatic rings. The van der Waals surface area contributed by atoms with E-state index in [0.717, 1.165) is 6.92 Å². The average Bonchev–Trinajstić information content (AvgIpc) is 2.08. The van der Waals surface area contributed by atoms with E-state index in [4.69, 9.17) is 10.5 Å². The number of ether oxygens (including phenoxy) is 1. The summed E-state index contributed by atoms with van der Waals surface area (Å²) in [4.78, 5) is 0. The van der Waals surface area contributed by atoms with Crippen LogP contribution in [0.25, 0.3) is 0 Å². The Morgan fingerprint density at radius 1 is 1.33 bits per heavy atom. The molecule has 0 heterocycles. The van der Waals surface area contributed by atoms with Gasteiger partial charge in [-0.3, -0.25) is 0 Å². The van der Waals surface area contributed by atoms with Gasteiger partial charge in [0.05, 0.1) is 0 Å². The molecular weight excluding hydrogens is 207 g/mol. The predicted octanol–water partition coefficient (Wildman–Crippen LogP) is 2.91. The van der Waals surface area contributed by atoms with Gasteiger partial charge < -0.3 is 10.5 Å². The fraction of sp³-hybridized carbons (Fsp3) is 0.400. The van der Waals surface area contributed by atoms with Crippen molar-refractivity contribution < 1.29 is 17.9 Å². The molecular formula is C10H12F3NO. The highest BCUT2D eigenvalue weighted by Crippen LogP contribution is 2.27. The van der Waals surface area contributed by atoms with Crippen LogP contribution in [0.3, 0.4) is 0 Å². The van der Waals surface area contributed by atoms with Gasteiger partial charge in [0.2, 0.25) is 0 Å². The smallest absolute Gasteiger partial charge is 0.425 e. The Labute approximate surface area is 85.8 Å². The van der Waals surface area contributed by atoms with E-state index in [2.05, 4.69) is 0 Å². The van der Waals surface area contributed by atoms with Gasteiger partial charge in [0, 0.05) is 5.69 Å². The van der Waals surface area contributed by atoms with E-state index in [1.165, 1.54) is 12.1 Å². The van der Waals surface area contributed by atoms with E-state index in [1.807, 2.05) is 0 Å². The van der Waals surface area contributed by atoms with Crippen LogP contribution in [-0.2, 0) is 0 Å². The van der Waals surface area contributed by atoms with E-state index in [-0.39, 0.29) is 5.75 Å². The van der Waals surface area contributed by atoms with Gasteiger partial charge in [0.25, 0.3) is 0 Å². The van der Waals surface area contributed by atoms with Crippen LogP contribution in [0.1, 0.15) is 12.5 Å². The molecule has 2 nitrogen and oxygen atoms in total. The van der Waals surface area contributed by atoms with E-state index in [9.17, 15) is 13.2 Å². The minimum atomic E-state index is -4.35. The molecule has 5 heteroatoms. The highest BCUT2D eigenvalue weighted by molar-refractivity contribution is 5.47. The predicted molar refractivity (Wildman–Crippen MR) is 51.7 cm³/mol. The molecule has 0 aliphatic heterocycles. The number of nitrogen functional groups attached to an aromatic ring is 1. The highest BCUT2D eigenvalue weighted by Gasteiger charge is 2.38. The van der Waals surface area contributed by atoms with E-state index in [0.29, 0.717) is 11.3 Å². The van der Waals surface area contributed by atoms with Gasteiger partial charge in [-0.05, 0) is 37.6 Å². The third-order valence-corrected chi connectivity index (χ3v) is 1.96. The number of anilines is 1. The third-order valence-electron chi connectivity index (χ3n) is 1.96. The normalized spacial score (nSPS) is 13.7. The van der Waals surface area contributed by atoms with Crippen molar-refractivity contribution in [3.8, 4) is 5.75 Å². The Morgan fingerprint density at radius 2 is 1.93 bits per heavy atom. The summed E-state index contributed by atoms with van der Waals surface area (Å²) in [7, 11) is 0. The fourth-order valence-corrected chi connectivity index (χ4v) is 1.06. The Morgan fingerprint density at radius 3 is 2.40 bits per heavy atom. The molecule has 15 heavy (non-hydrogen) atoms. The number of nitrogens with two attached hydrogens (primary N) is 1. The lowest BCUT2D eigenvalue weighted by atomic mass is 10.2. The maximum Gasteiger partial charge on any atom is 0.425 e. The first-order valence-electron chi connectivity index (χ1n) is 4.40. The van der Waals surface area contributed by atoms with Crippen LogP contribution >= 0.6 is 0 Å². The number of rotatable bonds is 2. The third kappa shape index (κ3) is 3.04. The molecule has 1 aromatic carbocycles. The zero-order valence-electron chi connectivity index (χ0n) is 8.43. The van der Waals surface area contributed by atoms with Crippen molar-refractivity contribution in [3.05, 3.63) is 23.8 Å². The molecule has 0 saturated heterocycles. The van der Waals surface area contributed by atoms with Gasteiger partial charge in [0.15, 0.2) is 6.10 Å². The molecule has 1 aromatic rings. The second-order valence-corrected chi connectivity index (χ2v) is 3.33. The topological polar surface area (TPSA) is 35.2 Å². The van der Waals surface area contributed by atoms with Gasteiger partial charge in [-0.25, -0.2) is 0 Å². The Balaban J connectivity index is 2.82. The maximum absolute atomic E-state index is 12.2. The average molecular weight is 219 g/mol. The van der Waals surface area contributed by atoms with Crippen molar-refractivity contribution >= 4 is 5.69 Å². The summed E-state index contributed by atoms with van der Waals surface area (Å²) >= 11 is 0. The van der Waals surface area contributed by atoms with Crippen molar-refractivity contribution in [2.45, 2.75) is 26.1 Å². The Kier molecular flexibility index (Phi) is 3.12. The molecule has 0 aromatic heterocycles. The van der Waals surface area contributed by atoms with Crippen molar-refractivity contribution in [1.82, 2.24) is 0 Å². The number of hydrogen-bond acceptors (Lipinski definition) is 2. The molecule has 0 spiro atoms. The van der Waals surface area contributed by atoms with Gasteiger partial charge in [-0.2, -0.15) is 13.2 Å². The molecule has 1 unspecified atom stereocenters. The van der Waals surface area contributed by atoms with Gasteiger partial charge >= 0.3 is 6.18 Å². The molecule has 0 radical (unpaired) electrons. The number of hydrogen-bond donors (Lipinski definition) is 1. The first kappa shape index (κ1) is 11.7. The van der Waals surface area contributed by atoms with Crippen molar-refractivity contribution in [2.75, 3.05) is 5.73 Å². The summed E-state index contributed by atoms with van der Waals surface area (Å²) in [6.07, 6.45) is -6.17. The zero-order valence-corrected chi connectivity index (χ0v) is 8.43. The largest absolute Gasteiger partial charge is 0.481 e. The summed E-state index contributed by atoms with van der Waals surface area (Å²) in [6.45, 7) is 2.62. The number of benzene rings is 1. The van der Waals surface area contributed by atoms with Crippen molar-refractivity contribution in [1.29, 1.82) is 0 Å². The highest BCUT2D eigenvalue weighted by atomic mass is 19.4. The summed E-state index contributed by atoms with van der Waals surface area (Å²) in [5, 5.41) is 0. The molecule has 1 rings (SSSR count). The standard InChI is InChI=1S/C10H12F3NO/c1-6-5-8(14)3-4-9(6)15-7(2)10(11,12)13/h3-5,7H,14H2,1-2H3. The monoisotopic (exact) mass is 219 g/mol. The van der Waals surface area contributed by atoms with Crippen LogP contribution in [0.15, 0.2) is 18.2 Å². The quantitative estimate of drug-likeness (QED) is 0.776. The number of aryl methyl sites for hydroxylation is 1. The molecule has 0 aliphatic carbocycles. The van der Waals surface area contributed by atoms with Crippen molar-refractivity contribution in [3.63, 3.8) is 0 Å². The molecule has 84 valence electrons. The molecule has 1 atom stereocenters. The molecule has 0 amide bonds. The van der Waals surface area contributed by atoms with Gasteiger partial charge in [-0.15, -0.1) is 0 Å². The summed E-state index contributed by atoms with van der Waals surface area (Å²) in [6, 6.07) is 4.51. The minimum absolute atomic E-state index is 0.203.